The molecule has 0 heterocycles. The van der Waals surface area contributed by atoms with Crippen LogP contribution in [0.1, 0.15) is 66.7 Å². The minimum absolute atomic E-state index is 0.0471. The normalized spacial score (nSPS) is 21.0. The Morgan fingerprint density at radius 1 is 1.19 bits per heavy atom. The Morgan fingerprint density at radius 2 is 1.88 bits per heavy atom. The van der Waals surface area contributed by atoms with Gasteiger partial charge in [-0.3, -0.25) is 4.79 Å². The van der Waals surface area contributed by atoms with Gasteiger partial charge in [-0.2, -0.15) is 0 Å². The summed E-state index contributed by atoms with van der Waals surface area (Å²) < 4.78 is 10.4. The molecule has 2 amide bonds. The maximum Gasteiger partial charge on any atom is 0.407 e. The average molecular weight is 370 g/mol. The summed E-state index contributed by atoms with van der Waals surface area (Å²) in [6.07, 6.45) is 3.83. The number of alkyl carbamates (subject to hydrolysis) is 1. The Morgan fingerprint density at radius 3 is 2.50 bits per heavy atom. The van der Waals surface area contributed by atoms with E-state index in [1.807, 2.05) is 6.92 Å². The molecule has 0 spiro atoms. The first kappa shape index (κ1) is 22.3. The van der Waals surface area contributed by atoms with Gasteiger partial charge in [0, 0.05) is 12.5 Å². The van der Waals surface area contributed by atoms with Gasteiger partial charge in [0.15, 0.2) is 0 Å². The van der Waals surface area contributed by atoms with Gasteiger partial charge >= 0.3 is 12.1 Å². The Bertz CT molecular complexity index is 487. The molecule has 1 aliphatic rings. The molecule has 0 aromatic heterocycles. The monoisotopic (exact) mass is 370 g/mol. The van der Waals surface area contributed by atoms with Gasteiger partial charge < -0.3 is 20.1 Å². The van der Waals surface area contributed by atoms with E-state index in [0.29, 0.717) is 13.2 Å². The summed E-state index contributed by atoms with van der Waals surface area (Å²) in [5, 5.41) is 5.49. The standard InChI is InChI=1S/C19H34N2O5/c1-6-7-11-25-17(23)13(2)21-16(22)15-10-8-9-14(15)12-20-18(24)26-19(3,4)5/h13-15H,6-12H2,1-5H3,(H,20,24)(H,21,22)/t13-,14+,15-/m1/s1. The molecule has 0 aromatic rings. The summed E-state index contributed by atoms with van der Waals surface area (Å²) in [4.78, 5) is 36.2. The van der Waals surface area contributed by atoms with Gasteiger partial charge in [0.05, 0.1) is 6.61 Å². The van der Waals surface area contributed by atoms with Crippen LogP contribution in [0.2, 0.25) is 0 Å². The van der Waals surface area contributed by atoms with E-state index in [-0.39, 0.29) is 17.7 Å². The van der Waals surface area contributed by atoms with Crippen molar-refractivity contribution in [2.75, 3.05) is 13.2 Å². The highest BCUT2D eigenvalue weighted by atomic mass is 16.6. The highest BCUT2D eigenvalue weighted by Gasteiger charge is 2.34. The van der Waals surface area contributed by atoms with E-state index >= 15 is 0 Å². The maximum absolute atomic E-state index is 12.5. The number of rotatable bonds is 8. The molecule has 7 nitrogen and oxygen atoms in total. The Labute approximate surface area is 156 Å². The smallest absolute Gasteiger partial charge is 0.407 e. The first-order valence-electron chi connectivity index (χ1n) is 9.58. The third kappa shape index (κ3) is 8.06. The Balaban J connectivity index is 2.44. The molecule has 150 valence electrons. The molecule has 2 N–H and O–H groups in total. The molecular weight excluding hydrogens is 336 g/mol. The first-order chi connectivity index (χ1) is 12.1. The zero-order valence-corrected chi connectivity index (χ0v) is 16.7. The highest BCUT2D eigenvalue weighted by molar-refractivity contribution is 5.85. The quantitative estimate of drug-likeness (QED) is 0.506. The lowest BCUT2D eigenvalue weighted by Crippen LogP contribution is -2.45. The van der Waals surface area contributed by atoms with Crippen molar-refractivity contribution in [2.24, 2.45) is 11.8 Å². The molecule has 0 aromatic carbocycles. The second-order valence-corrected chi connectivity index (χ2v) is 7.93. The summed E-state index contributed by atoms with van der Waals surface area (Å²) >= 11 is 0. The van der Waals surface area contributed by atoms with Gasteiger partial charge in [0.25, 0.3) is 0 Å². The second kappa shape index (κ2) is 10.4. The van der Waals surface area contributed by atoms with Crippen LogP contribution in [-0.2, 0) is 19.1 Å². The molecule has 26 heavy (non-hydrogen) atoms. The lowest BCUT2D eigenvalue weighted by atomic mass is 9.95. The van der Waals surface area contributed by atoms with Gasteiger partial charge in [-0.25, -0.2) is 9.59 Å². The third-order valence-electron chi connectivity index (χ3n) is 4.36. The third-order valence-corrected chi connectivity index (χ3v) is 4.36. The van der Waals surface area contributed by atoms with Crippen LogP contribution in [0.15, 0.2) is 0 Å². The fourth-order valence-electron chi connectivity index (χ4n) is 2.98. The molecular formula is C19H34N2O5. The van der Waals surface area contributed by atoms with Gasteiger partial charge in [-0.05, 0) is 52.9 Å². The van der Waals surface area contributed by atoms with Crippen LogP contribution in [0.4, 0.5) is 4.79 Å². The topological polar surface area (TPSA) is 93.7 Å². The van der Waals surface area contributed by atoms with E-state index < -0.39 is 23.7 Å². The van der Waals surface area contributed by atoms with Crippen LogP contribution in [0.5, 0.6) is 0 Å². The fraction of sp³-hybridized carbons (Fsp3) is 0.842. The van der Waals surface area contributed by atoms with Crippen LogP contribution in [0.25, 0.3) is 0 Å². The molecule has 0 radical (unpaired) electrons. The Kier molecular flexibility index (Phi) is 8.88. The average Bonchev–Trinajstić information content (AvgIpc) is 3.00. The van der Waals surface area contributed by atoms with E-state index in [0.717, 1.165) is 32.1 Å². The Hall–Kier alpha value is -1.79. The predicted molar refractivity (Wildman–Crippen MR) is 98.5 cm³/mol. The highest BCUT2D eigenvalue weighted by Crippen LogP contribution is 2.31. The zero-order chi connectivity index (χ0) is 19.7. The molecule has 7 heteroatoms. The van der Waals surface area contributed by atoms with E-state index in [2.05, 4.69) is 10.6 Å². The first-order valence-corrected chi connectivity index (χ1v) is 9.58. The van der Waals surface area contributed by atoms with Crippen molar-refractivity contribution < 1.29 is 23.9 Å². The van der Waals surface area contributed by atoms with Crippen molar-refractivity contribution in [3.8, 4) is 0 Å². The van der Waals surface area contributed by atoms with Crippen molar-refractivity contribution in [1.29, 1.82) is 0 Å². The molecule has 1 rings (SSSR count). The number of esters is 1. The minimum Gasteiger partial charge on any atom is -0.464 e. The second-order valence-electron chi connectivity index (χ2n) is 7.93. The number of nitrogens with one attached hydrogen (secondary N) is 2. The lowest BCUT2D eigenvalue weighted by molar-refractivity contribution is -0.148. The van der Waals surface area contributed by atoms with Gasteiger partial charge in [0.1, 0.15) is 11.6 Å². The number of carbonyl (C=O) groups excluding carboxylic acids is 3. The number of hydrogen-bond acceptors (Lipinski definition) is 5. The van der Waals surface area contributed by atoms with E-state index in [1.54, 1.807) is 27.7 Å². The van der Waals surface area contributed by atoms with Crippen molar-refractivity contribution in [3.63, 3.8) is 0 Å². The predicted octanol–water partition coefficient (Wildman–Crippen LogP) is 2.78. The van der Waals surface area contributed by atoms with E-state index in [9.17, 15) is 14.4 Å². The van der Waals surface area contributed by atoms with Gasteiger partial charge in [0.2, 0.25) is 5.91 Å². The van der Waals surface area contributed by atoms with Crippen molar-refractivity contribution in [2.45, 2.75) is 78.4 Å². The minimum atomic E-state index is -0.667. The fourth-order valence-corrected chi connectivity index (χ4v) is 2.98. The van der Waals surface area contributed by atoms with Crippen LogP contribution in [-0.4, -0.2) is 42.8 Å². The lowest BCUT2D eigenvalue weighted by Gasteiger charge is -2.23. The van der Waals surface area contributed by atoms with Gasteiger partial charge in [-0.1, -0.05) is 19.8 Å². The molecule has 0 bridgehead atoms. The van der Waals surface area contributed by atoms with Crippen LogP contribution in [0, 0.1) is 11.8 Å². The molecule has 1 aliphatic carbocycles. The maximum atomic E-state index is 12.5. The number of amides is 2. The van der Waals surface area contributed by atoms with E-state index in [4.69, 9.17) is 9.47 Å². The number of unbranched alkanes of at least 4 members (excludes halogenated alkanes) is 1. The summed E-state index contributed by atoms with van der Waals surface area (Å²) in [5.41, 5.74) is -0.551. The number of ether oxygens (including phenoxy) is 2. The van der Waals surface area contributed by atoms with Crippen LogP contribution in [0.3, 0.4) is 0 Å². The summed E-state index contributed by atoms with van der Waals surface area (Å²) in [5.74, 6) is -0.728. The molecule has 0 unspecified atom stereocenters. The van der Waals surface area contributed by atoms with Crippen molar-refractivity contribution >= 4 is 18.0 Å². The molecule has 0 saturated heterocycles. The van der Waals surface area contributed by atoms with E-state index in [1.165, 1.54) is 0 Å². The largest absolute Gasteiger partial charge is 0.464 e. The number of carbonyl (C=O) groups is 3. The van der Waals surface area contributed by atoms with Crippen LogP contribution < -0.4 is 10.6 Å². The molecule has 1 saturated carbocycles. The number of hydrogen-bond donors (Lipinski definition) is 2. The van der Waals surface area contributed by atoms with Crippen LogP contribution >= 0.6 is 0 Å². The van der Waals surface area contributed by atoms with Crippen molar-refractivity contribution in [1.82, 2.24) is 10.6 Å². The summed E-state index contributed by atoms with van der Waals surface area (Å²) in [6.45, 7) is 9.83. The summed E-state index contributed by atoms with van der Waals surface area (Å²) in [7, 11) is 0. The summed E-state index contributed by atoms with van der Waals surface area (Å²) in [6, 6.07) is -0.667. The zero-order valence-electron chi connectivity index (χ0n) is 16.7. The van der Waals surface area contributed by atoms with Crippen molar-refractivity contribution in [3.05, 3.63) is 0 Å². The molecule has 3 atom stereocenters. The molecule has 1 fully saturated rings. The molecule has 0 aliphatic heterocycles. The van der Waals surface area contributed by atoms with Gasteiger partial charge in [-0.15, -0.1) is 0 Å². The SMILES string of the molecule is CCCCOC(=O)[C@@H](C)NC(=O)[C@@H]1CCC[C@H]1CNC(=O)OC(C)(C)C.